The molecule has 0 bridgehead atoms. The van der Waals surface area contributed by atoms with Gasteiger partial charge in [-0.15, -0.1) is 11.3 Å². The first-order chi connectivity index (χ1) is 16.3. The summed E-state index contributed by atoms with van der Waals surface area (Å²) < 4.78 is 14.1. The van der Waals surface area contributed by atoms with Crippen molar-refractivity contribution in [3.8, 4) is 5.75 Å². The van der Waals surface area contributed by atoms with E-state index in [0.29, 0.717) is 29.5 Å². The second-order valence-corrected chi connectivity index (χ2v) is 11.7. The molecule has 0 saturated heterocycles. The molecular weight excluding hydrogens is 535 g/mol. The van der Waals surface area contributed by atoms with E-state index in [9.17, 15) is 9.59 Å². The number of hydrogen-bond donors (Lipinski definition) is 1. The highest BCUT2D eigenvalue weighted by Gasteiger charge is 2.23. The number of esters is 1. The molecule has 1 aromatic carbocycles. The Kier molecular flexibility index (Phi) is 10.9. The van der Waals surface area contributed by atoms with Gasteiger partial charge >= 0.3 is 12.1 Å². The molecule has 1 heterocycles. The van der Waals surface area contributed by atoms with Crippen LogP contribution in [0.3, 0.4) is 0 Å². The van der Waals surface area contributed by atoms with Gasteiger partial charge in [0.15, 0.2) is 0 Å². The summed E-state index contributed by atoms with van der Waals surface area (Å²) in [5.74, 6) is 0.0432. The van der Waals surface area contributed by atoms with E-state index < -0.39 is 27.5 Å². The van der Waals surface area contributed by atoms with Gasteiger partial charge < -0.3 is 19.5 Å². The minimum Gasteiger partial charge on any atom is -0.490 e. The number of hydrogen-bond acceptors (Lipinski definition) is 7. The number of carbonyl (C=O) groups excluding carboxylic acids is 2. The lowest BCUT2D eigenvalue weighted by molar-refractivity contribution is -0.137. The summed E-state index contributed by atoms with van der Waals surface area (Å²) in [4.78, 5) is 28.8. The SMILES string of the molecule is C=CCOc1ccc(CC(NC(=O)OC(C)(C)C)c2nc(/C=C/C(=O)OCC(Cl)(Cl)Cl)cs2)cc1. The van der Waals surface area contributed by atoms with E-state index in [1.54, 1.807) is 32.2 Å². The molecule has 0 aliphatic carbocycles. The lowest BCUT2D eigenvalue weighted by Crippen LogP contribution is -2.35. The molecule has 7 nitrogen and oxygen atoms in total. The maximum Gasteiger partial charge on any atom is 0.408 e. The van der Waals surface area contributed by atoms with Crippen molar-refractivity contribution in [3.05, 3.63) is 64.6 Å². The smallest absolute Gasteiger partial charge is 0.408 e. The molecule has 11 heteroatoms. The Morgan fingerprint density at radius 1 is 1.20 bits per heavy atom. The molecule has 2 aromatic rings. The van der Waals surface area contributed by atoms with Crippen LogP contribution in [-0.4, -0.2) is 39.7 Å². The Labute approximate surface area is 224 Å². The van der Waals surface area contributed by atoms with Crippen molar-refractivity contribution in [1.82, 2.24) is 10.3 Å². The number of alkyl carbamates (subject to hydrolysis) is 1. The molecule has 0 saturated carbocycles. The molecule has 2 rings (SSSR count). The minimum absolute atomic E-state index is 0.373. The largest absolute Gasteiger partial charge is 0.490 e. The Balaban J connectivity index is 2.15. The zero-order valence-corrected chi connectivity index (χ0v) is 22.6. The number of rotatable bonds is 10. The molecule has 1 aromatic heterocycles. The first-order valence-electron chi connectivity index (χ1n) is 10.5. The second kappa shape index (κ2) is 13.2. The van der Waals surface area contributed by atoms with Crippen molar-refractivity contribution in [2.45, 2.75) is 42.6 Å². The maximum absolute atomic E-state index is 12.5. The van der Waals surface area contributed by atoms with Crippen molar-refractivity contribution in [1.29, 1.82) is 0 Å². The summed E-state index contributed by atoms with van der Waals surface area (Å²) in [6.07, 6.45) is 4.24. The first-order valence-corrected chi connectivity index (χ1v) is 12.5. The van der Waals surface area contributed by atoms with E-state index in [0.717, 1.165) is 5.56 Å². The van der Waals surface area contributed by atoms with Gasteiger partial charge in [-0.1, -0.05) is 59.6 Å². The van der Waals surface area contributed by atoms with Gasteiger partial charge in [-0.2, -0.15) is 0 Å². The highest BCUT2D eigenvalue weighted by molar-refractivity contribution is 7.09. The predicted octanol–water partition coefficient (Wildman–Crippen LogP) is 6.44. The van der Waals surface area contributed by atoms with Crippen LogP contribution in [0.15, 0.2) is 48.4 Å². The van der Waals surface area contributed by atoms with E-state index in [-0.39, 0.29) is 6.61 Å². The lowest BCUT2D eigenvalue weighted by Gasteiger charge is -2.23. The van der Waals surface area contributed by atoms with Crippen LogP contribution in [0.5, 0.6) is 5.75 Å². The summed E-state index contributed by atoms with van der Waals surface area (Å²) in [5.41, 5.74) is 0.822. The van der Waals surface area contributed by atoms with Gasteiger partial charge in [-0.05, 0) is 51.0 Å². The number of amides is 1. The van der Waals surface area contributed by atoms with Crippen molar-refractivity contribution >= 4 is 64.3 Å². The van der Waals surface area contributed by atoms with Crippen LogP contribution < -0.4 is 10.1 Å². The maximum atomic E-state index is 12.5. The van der Waals surface area contributed by atoms with Crippen LogP contribution in [0.25, 0.3) is 6.08 Å². The van der Waals surface area contributed by atoms with Gasteiger partial charge in [0, 0.05) is 11.5 Å². The summed E-state index contributed by atoms with van der Waals surface area (Å²) in [6, 6.07) is 7.06. The second-order valence-electron chi connectivity index (χ2n) is 8.31. The van der Waals surface area contributed by atoms with Crippen LogP contribution in [0.2, 0.25) is 0 Å². The average molecular weight is 562 g/mol. The molecule has 1 N–H and O–H groups in total. The number of ether oxygens (including phenoxy) is 3. The lowest BCUT2D eigenvalue weighted by atomic mass is 10.1. The summed E-state index contributed by atoms with van der Waals surface area (Å²) in [6.45, 7) is 9.04. The number of nitrogens with zero attached hydrogens (tertiary/aromatic N) is 1. The average Bonchev–Trinajstić information content (AvgIpc) is 3.22. The van der Waals surface area contributed by atoms with Crippen molar-refractivity contribution in [3.63, 3.8) is 0 Å². The number of aromatic nitrogens is 1. The third-order valence-corrected chi connectivity index (χ3v) is 5.33. The molecule has 0 aliphatic heterocycles. The molecule has 0 radical (unpaired) electrons. The Bertz CT molecular complexity index is 1030. The first kappa shape index (κ1) is 29.0. The van der Waals surface area contributed by atoms with E-state index in [1.807, 2.05) is 24.3 Å². The topological polar surface area (TPSA) is 86.8 Å². The molecule has 0 fully saturated rings. The summed E-state index contributed by atoms with van der Waals surface area (Å²) in [5, 5.41) is 5.28. The van der Waals surface area contributed by atoms with Crippen LogP contribution in [-0.2, 0) is 20.7 Å². The van der Waals surface area contributed by atoms with Gasteiger partial charge in [-0.3, -0.25) is 0 Å². The van der Waals surface area contributed by atoms with Crippen LogP contribution in [0.1, 0.15) is 43.1 Å². The zero-order valence-electron chi connectivity index (χ0n) is 19.6. The number of alkyl halides is 3. The van der Waals surface area contributed by atoms with E-state index in [4.69, 9.17) is 49.0 Å². The van der Waals surface area contributed by atoms with Crippen molar-refractivity contribution in [2.24, 2.45) is 0 Å². The van der Waals surface area contributed by atoms with Gasteiger partial charge in [0.25, 0.3) is 0 Å². The number of benzene rings is 1. The van der Waals surface area contributed by atoms with E-state index in [2.05, 4.69) is 16.9 Å². The summed E-state index contributed by atoms with van der Waals surface area (Å²) in [7, 11) is 0. The number of carbonyl (C=O) groups is 2. The zero-order chi connectivity index (χ0) is 26.1. The van der Waals surface area contributed by atoms with Gasteiger partial charge in [0.1, 0.15) is 29.6 Å². The highest BCUT2D eigenvalue weighted by Crippen LogP contribution is 2.27. The number of nitrogens with one attached hydrogen (secondary N) is 1. The van der Waals surface area contributed by atoms with E-state index >= 15 is 0 Å². The van der Waals surface area contributed by atoms with Crippen molar-refractivity contribution < 1.29 is 23.8 Å². The molecule has 0 aliphatic rings. The fourth-order valence-electron chi connectivity index (χ4n) is 2.65. The summed E-state index contributed by atoms with van der Waals surface area (Å²) >= 11 is 18.1. The van der Waals surface area contributed by atoms with E-state index in [1.165, 1.54) is 23.5 Å². The molecule has 1 amide bonds. The Morgan fingerprint density at radius 3 is 2.49 bits per heavy atom. The predicted molar refractivity (Wildman–Crippen MR) is 140 cm³/mol. The van der Waals surface area contributed by atoms with Gasteiger partial charge in [0.2, 0.25) is 3.79 Å². The Morgan fingerprint density at radius 2 is 1.89 bits per heavy atom. The van der Waals surface area contributed by atoms with Crippen LogP contribution in [0.4, 0.5) is 4.79 Å². The van der Waals surface area contributed by atoms with Crippen molar-refractivity contribution in [2.75, 3.05) is 13.2 Å². The molecule has 0 spiro atoms. The Hall–Kier alpha value is -2.26. The molecule has 1 atom stereocenters. The van der Waals surface area contributed by atoms with Crippen LogP contribution in [0, 0.1) is 0 Å². The van der Waals surface area contributed by atoms with Gasteiger partial charge in [0.05, 0.1) is 11.7 Å². The quantitative estimate of drug-likeness (QED) is 0.155. The van der Waals surface area contributed by atoms with Gasteiger partial charge in [-0.25, -0.2) is 14.6 Å². The molecule has 190 valence electrons. The number of halogens is 3. The normalized spacial score (nSPS) is 12.7. The molecular formula is C24H27Cl3N2O5S. The monoisotopic (exact) mass is 560 g/mol. The highest BCUT2D eigenvalue weighted by atomic mass is 35.6. The standard InChI is InChI=1S/C24H27Cl3N2O5S/c1-5-12-32-18-9-6-16(7-10-18)13-19(29-22(31)34-23(2,3)4)21-28-17(14-35-21)8-11-20(30)33-15-24(25,26)27/h5-11,14,19H,1,12-13,15H2,2-4H3,(H,29,31)/b11-8+. The molecule has 1 unspecified atom stereocenters. The number of thiazole rings is 1. The minimum atomic E-state index is -1.69. The molecule has 35 heavy (non-hydrogen) atoms. The third-order valence-electron chi connectivity index (χ3n) is 4.03. The fourth-order valence-corrected chi connectivity index (χ4v) is 3.66. The van der Waals surface area contributed by atoms with Crippen LogP contribution >= 0.6 is 46.1 Å². The third kappa shape index (κ3) is 11.8. The fraction of sp³-hybridized carbons (Fsp3) is 0.375.